The molecule has 1 atom stereocenters. The molecule has 1 aliphatic heterocycles. The molecule has 1 amide bonds. The Labute approximate surface area is 124 Å². The second-order valence-corrected chi connectivity index (χ2v) is 5.51. The van der Waals surface area contributed by atoms with Crippen LogP contribution in [0.2, 0.25) is 0 Å². The van der Waals surface area contributed by atoms with Crippen molar-refractivity contribution >= 4 is 22.6 Å². The second kappa shape index (κ2) is 5.85. The molecule has 2 heterocycles. The van der Waals surface area contributed by atoms with E-state index in [9.17, 15) is 4.79 Å². The van der Waals surface area contributed by atoms with Gasteiger partial charge in [-0.3, -0.25) is 4.79 Å². The first-order chi connectivity index (χ1) is 10.2. The van der Waals surface area contributed by atoms with Gasteiger partial charge in [0.2, 0.25) is 0 Å². The summed E-state index contributed by atoms with van der Waals surface area (Å²) in [5.41, 5.74) is 2.82. The Balaban J connectivity index is 1.82. The molecule has 112 valence electrons. The average Bonchev–Trinajstić information content (AvgIpc) is 3.08. The smallest absolute Gasteiger partial charge is 0.253 e. The van der Waals surface area contributed by atoms with Gasteiger partial charge in [0.15, 0.2) is 0 Å². The zero-order valence-corrected chi connectivity index (χ0v) is 12.6. The fourth-order valence-corrected chi connectivity index (χ4v) is 2.84. The molecule has 1 N–H and O–H groups in total. The van der Waals surface area contributed by atoms with Crippen LogP contribution >= 0.6 is 0 Å². The van der Waals surface area contributed by atoms with Crippen LogP contribution in [0.5, 0.6) is 0 Å². The molecular formula is C16H21N3O2. The molecule has 21 heavy (non-hydrogen) atoms. The predicted octanol–water partition coefficient (Wildman–Crippen LogP) is 2.87. The van der Waals surface area contributed by atoms with Crippen LogP contribution in [0.4, 0.5) is 5.69 Å². The predicted molar refractivity (Wildman–Crippen MR) is 82.4 cm³/mol. The third-order valence-electron chi connectivity index (χ3n) is 3.88. The summed E-state index contributed by atoms with van der Waals surface area (Å²) >= 11 is 0. The first-order valence-corrected chi connectivity index (χ1v) is 7.58. The Morgan fingerprint density at radius 3 is 3.10 bits per heavy atom. The van der Waals surface area contributed by atoms with Gasteiger partial charge in [0, 0.05) is 18.8 Å². The summed E-state index contributed by atoms with van der Waals surface area (Å²) < 4.78 is 7.61. The van der Waals surface area contributed by atoms with Crippen molar-refractivity contribution in [1.29, 1.82) is 0 Å². The molecule has 1 fully saturated rings. The van der Waals surface area contributed by atoms with Crippen LogP contribution in [0.3, 0.4) is 0 Å². The van der Waals surface area contributed by atoms with Gasteiger partial charge in [-0.1, -0.05) is 6.92 Å². The molecule has 1 aromatic heterocycles. The van der Waals surface area contributed by atoms with E-state index in [1.54, 1.807) is 0 Å². The molecule has 0 bridgehead atoms. The van der Waals surface area contributed by atoms with Crippen molar-refractivity contribution in [1.82, 2.24) is 9.55 Å². The van der Waals surface area contributed by atoms with Crippen LogP contribution in [0.25, 0.3) is 11.0 Å². The number of benzene rings is 1. The number of carbonyl (C=O) groups excluding carboxylic acids is 1. The normalized spacial score (nSPS) is 18.3. The molecule has 1 saturated heterocycles. The summed E-state index contributed by atoms with van der Waals surface area (Å²) in [4.78, 5) is 16.6. The van der Waals surface area contributed by atoms with Crippen molar-refractivity contribution in [3.05, 3.63) is 24.0 Å². The summed E-state index contributed by atoms with van der Waals surface area (Å²) in [7, 11) is 0. The summed E-state index contributed by atoms with van der Waals surface area (Å²) in [5, 5.41) is 2.92. The molecule has 0 spiro atoms. The van der Waals surface area contributed by atoms with Crippen LogP contribution in [0, 0.1) is 6.92 Å². The van der Waals surface area contributed by atoms with Crippen molar-refractivity contribution < 1.29 is 9.53 Å². The van der Waals surface area contributed by atoms with Gasteiger partial charge in [-0.05, 0) is 44.4 Å². The zero-order valence-electron chi connectivity index (χ0n) is 12.6. The summed E-state index contributed by atoms with van der Waals surface area (Å²) in [6.45, 7) is 5.81. The lowest BCUT2D eigenvalue weighted by Gasteiger charge is -2.10. The number of hydrogen-bond donors (Lipinski definition) is 1. The van der Waals surface area contributed by atoms with Gasteiger partial charge in [0.25, 0.3) is 5.91 Å². The van der Waals surface area contributed by atoms with Crippen LogP contribution < -0.4 is 5.32 Å². The van der Waals surface area contributed by atoms with E-state index >= 15 is 0 Å². The number of nitrogens with one attached hydrogen (secondary N) is 1. The largest absolute Gasteiger partial charge is 0.368 e. The van der Waals surface area contributed by atoms with Gasteiger partial charge in [0.1, 0.15) is 11.9 Å². The Morgan fingerprint density at radius 1 is 1.52 bits per heavy atom. The van der Waals surface area contributed by atoms with Crippen LogP contribution in [0.15, 0.2) is 18.2 Å². The average molecular weight is 287 g/mol. The minimum Gasteiger partial charge on any atom is -0.368 e. The van der Waals surface area contributed by atoms with E-state index in [4.69, 9.17) is 4.74 Å². The molecule has 2 aromatic rings. The zero-order chi connectivity index (χ0) is 14.8. The highest BCUT2D eigenvalue weighted by Gasteiger charge is 2.23. The lowest BCUT2D eigenvalue weighted by Crippen LogP contribution is -2.26. The Bertz CT molecular complexity index is 657. The SMILES string of the molecule is CCCn1c(C)nc2cc(NC(=O)C3CCCO3)ccc21. The number of carbonyl (C=O) groups is 1. The van der Waals surface area contributed by atoms with Crippen molar-refractivity contribution in [3.8, 4) is 0 Å². The first kappa shape index (κ1) is 14.1. The molecule has 5 heteroatoms. The standard InChI is InChI=1S/C16H21N3O2/c1-3-8-19-11(2)17-13-10-12(6-7-14(13)19)18-16(20)15-5-4-9-21-15/h6-7,10,15H,3-5,8-9H2,1-2H3,(H,18,20). The van der Waals surface area contributed by atoms with E-state index in [1.807, 2.05) is 25.1 Å². The van der Waals surface area contributed by atoms with Gasteiger partial charge >= 0.3 is 0 Å². The lowest BCUT2D eigenvalue weighted by atomic mass is 10.2. The van der Waals surface area contributed by atoms with Crippen molar-refractivity contribution in [3.63, 3.8) is 0 Å². The molecule has 0 saturated carbocycles. The summed E-state index contributed by atoms with van der Waals surface area (Å²) in [6.07, 6.45) is 2.53. The Morgan fingerprint density at radius 2 is 2.38 bits per heavy atom. The van der Waals surface area contributed by atoms with E-state index in [-0.39, 0.29) is 12.0 Å². The molecule has 3 rings (SSSR count). The van der Waals surface area contributed by atoms with Crippen LogP contribution in [0.1, 0.15) is 32.0 Å². The van der Waals surface area contributed by atoms with E-state index in [2.05, 4.69) is 21.8 Å². The van der Waals surface area contributed by atoms with Crippen molar-refractivity contribution in [2.45, 2.75) is 45.8 Å². The van der Waals surface area contributed by atoms with E-state index < -0.39 is 0 Å². The number of fused-ring (bicyclic) bond motifs is 1. The first-order valence-electron chi connectivity index (χ1n) is 7.58. The molecule has 1 aromatic carbocycles. The van der Waals surface area contributed by atoms with Gasteiger partial charge in [-0.25, -0.2) is 4.98 Å². The fraction of sp³-hybridized carbons (Fsp3) is 0.500. The molecule has 0 aliphatic carbocycles. The van der Waals surface area contributed by atoms with Crippen LogP contribution in [-0.4, -0.2) is 28.2 Å². The highest BCUT2D eigenvalue weighted by atomic mass is 16.5. The third kappa shape index (κ3) is 2.78. The highest BCUT2D eigenvalue weighted by Crippen LogP contribution is 2.22. The topological polar surface area (TPSA) is 56.2 Å². The van der Waals surface area contributed by atoms with Gasteiger partial charge < -0.3 is 14.6 Å². The molecular weight excluding hydrogens is 266 g/mol. The Hall–Kier alpha value is -1.88. The summed E-state index contributed by atoms with van der Waals surface area (Å²) in [6, 6.07) is 5.89. The third-order valence-corrected chi connectivity index (χ3v) is 3.88. The van der Waals surface area contributed by atoms with Gasteiger partial charge in [-0.15, -0.1) is 0 Å². The highest BCUT2D eigenvalue weighted by molar-refractivity contribution is 5.96. The molecule has 1 unspecified atom stereocenters. The minimum absolute atomic E-state index is 0.0587. The van der Waals surface area contributed by atoms with Crippen LogP contribution in [-0.2, 0) is 16.1 Å². The number of hydrogen-bond acceptors (Lipinski definition) is 3. The molecule has 1 aliphatic rings. The maximum atomic E-state index is 12.1. The van der Waals surface area contributed by atoms with E-state index in [1.165, 1.54) is 0 Å². The van der Waals surface area contributed by atoms with E-state index in [0.29, 0.717) is 6.61 Å². The van der Waals surface area contributed by atoms with Gasteiger partial charge in [-0.2, -0.15) is 0 Å². The lowest BCUT2D eigenvalue weighted by molar-refractivity contribution is -0.124. The van der Waals surface area contributed by atoms with Gasteiger partial charge in [0.05, 0.1) is 11.0 Å². The van der Waals surface area contributed by atoms with E-state index in [0.717, 1.165) is 48.4 Å². The van der Waals surface area contributed by atoms with Crippen molar-refractivity contribution in [2.24, 2.45) is 0 Å². The number of rotatable bonds is 4. The second-order valence-electron chi connectivity index (χ2n) is 5.51. The fourth-order valence-electron chi connectivity index (χ4n) is 2.84. The maximum absolute atomic E-state index is 12.1. The number of aromatic nitrogens is 2. The maximum Gasteiger partial charge on any atom is 0.253 e. The summed E-state index contributed by atoms with van der Waals surface area (Å²) in [5.74, 6) is 0.950. The van der Waals surface area contributed by atoms with Crippen molar-refractivity contribution in [2.75, 3.05) is 11.9 Å². The number of ether oxygens (including phenoxy) is 1. The number of nitrogens with zero attached hydrogens (tertiary/aromatic N) is 2. The Kier molecular flexibility index (Phi) is 3.92. The minimum atomic E-state index is -0.305. The number of aryl methyl sites for hydroxylation is 2. The monoisotopic (exact) mass is 287 g/mol. The quantitative estimate of drug-likeness (QED) is 0.940. The number of imidazole rings is 1. The number of amides is 1. The number of anilines is 1. The molecule has 5 nitrogen and oxygen atoms in total. The molecule has 0 radical (unpaired) electrons.